The van der Waals surface area contributed by atoms with E-state index in [1.807, 2.05) is 31.2 Å². The van der Waals surface area contributed by atoms with Crippen LogP contribution in [0.4, 0.5) is 9.18 Å². The molecule has 6 heteroatoms. The molecular formula is C20H23FN2O3. The Bertz CT molecular complexity index is 751. The first-order valence-electron chi connectivity index (χ1n) is 8.73. The number of urea groups is 1. The number of aliphatic hydroxyl groups excluding tert-OH is 1. The van der Waals surface area contributed by atoms with Crippen LogP contribution >= 0.6 is 0 Å². The van der Waals surface area contributed by atoms with Crippen molar-refractivity contribution in [3.8, 4) is 5.75 Å². The molecule has 2 atom stereocenters. The number of hydrogen-bond acceptors (Lipinski definition) is 3. The lowest BCUT2D eigenvalue weighted by atomic mass is 10.0. The highest BCUT2D eigenvalue weighted by Gasteiger charge is 2.35. The van der Waals surface area contributed by atoms with Crippen LogP contribution in [0.15, 0.2) is 48.5 Å². The second-order valence-electron chi connectivity index (χ2n) is 6.44. The second kappa shape index (κ2) is 8.19. The van der Waals surface area contributed by atoms with E-state index in [0.717, 1.165) is 18.4 Å². The first kappa shape index (κ1) is 18.2. The molecule has 1 fully saturated rings. The van der Waals surface area contributed by atoms with Crippen molar-refractivity contribution in [2.75, 3.05) is 6.73 Å². The molecule has 5 nitrogen and oxygen atoms in total. The molecule has 138 valence electrons. The van der Waals surface area contributed by atoms with E-state index >= 15 is 0 Å². The van der Waals surface area contributed by atoms with Crippen LogP contribution in [0.25, 0.3) is 0 Å². The zero-order valence-corrected chi connectivity index (χ0v) is 14.7. The molecule has 26 heavy (non-hydrogen) atoms. The van der Waals surface area contributed by atoms with Gasteiger partial charge in [0.15, 0.2) is 0 Å². The van der Waals surface area contributed by atoms with Crippen LogP contribution in [-0.2, 0) is 6.61 Å². The van der Waals surface area contributed by atoms with Gasteiger partial charge >= 0.3 is 6.03 Å². The first-order chi connectivity index (χ1) is 12.6. The molecule has 1 aliphatic heterocycles. The number of carbonyl (C=O) groups excluding carboxylic acids is 1. The van der Waals surface area contributed by atoms with Crippen molar-refractivity contribution in [3.63, 3.8) is 0 Å². The molecular weight excluding hydrogens is 335 g/mol. The zero-order chi connectivity index (χ0) is 18.5. The van der Waals surface area contributed by atoms with E-state index in [4.69, 9.17) is 9.84 Å². The van der Waals surface area contributed by atoms with Crippen LogP contribution in [0.2, 0.25) is 0 Å². The standard InChI is InChI=1S/C20H23FN2O3/c1-14-6-11-19(23(14)20(25)22-13-24)15-7-9-17(10-8-15)26-12-16-4-2-3-5-18(16)21/h2-5,7-10,14,19,24H,6,11-13H2,1H3,(H,22,25)/t14?,19-/m1/s1. The lowest BCUT2D eigenvalue weighted by Gasteiger charge is -2.28. The summed E-state index contributed by atoms with van der Waals surface area (Å²) in [5.74, 6) is 0.365. The Balaban J connectivity index is 1.67. The molecule has 1 heterocycles. The Morgan fingerprint density at radius 1 is 1.23 bits per heavy atom. The molecule has 2 aromatic carbocycles. The summed E-state index contributed by atoms with van der Waals surface area (Å²) >= 11 is 0. The Morgan fingerprint density at radius 2 is 1.96 bits per heavy atom. The SMILES string of the molecule is CC1CC[C@H](c2ccc(OCc3ccccc3F)cc2)N1C(=O)NCO. The number of benzene rings is 2. The minimum atomic E-state index is -0.377. The van der Waals surface area contributed by atoms with Crippen molar-refractivity contribution in [2.45, 2.75) is 38.5 Å². The maximum absolute atomic E-state index is 13.6. The van der Waals surface area contributed by atoms with E-state index in [-0.39, 0.29) is 37.3 Å². The molecule has 1 saturated heterocycles. The van der Waals surface area contributed by atoms with E-state index in [1.165, 1.54) is 6.07 Å². The number of carbonyl (C=O) groups is 1. The molecule has 0 radical (unpaired) electrons. The van der Waals surface area contributed by atoms with Gasteiger partial charge in [-0.25, -0.2) is 9.18 Å². The largest absolute Gasteiger partial charge is 0.489 e. The van der Waals surface area contributed by atoms with Gasteiger partial charge in [-0.2, -0.15) is 0 Å². The summed E-state index contributed by atoms with van der Waals surface area (Å²) < 4.78 is 19.3. The third-order valence-corrected chi connectivity index (χ3v) is 4.75. The van der Waals surface area contributed by atoms with Crippen LogP contribution in [0.5, 0.6) is 5.75 Å². The molecule has 0 saturated carbocycles. The third kappa shape index (κ3) is 3.96. The van der Waals surface area contributed by atoms with Crippen molar-refractivity contribution in [1.82, 2.24) is 10.2 Å². The van der Waals surface area contributed by atoms with Gasteiger partial charge in [0.2, 0.25) is 0 Å². The molecule has 1 aliphatic rings. The number of halogens is 1. The fourth-order valence-electron chi connectivity index (χ4n) is 3.38. The number of rotatable bonds is 5. The average molecular weight is 358 g/mol. The number of nitrogens with zero attached hydrogens (tertiary/aromatic N) is 1. The minimum Gasteiger partial charge on any atom is -0.489 e. The molecule has 0 spiro atoms. The second-order valence-corrected chi connectivity index (χ2v) is 6.44. The van der Waals surface area contributed by atoms with Gasteiger partial charge in [-0.15, -0.1) is 0 Å². The minimum absolute atomic E-state index is 0.0304. The number of hydrogen-bond donors (Lipinski definition) is 2. The lowest BCUT2D eigenvalue weighted by molar-refractivity contribution is 0.162. The maximum atomic E-state index is 13.6. The first-order valence-corrected chi connectivity index (χ1v) is 8.73. The predicted octanol–water partition coefficient (Wildman–Crippen LogP) is 3.59. The van der Waals surface area contributed by atoms with Gasteiger partial charge in [-0.05, 0) is 43.5 Å². The maximum Gasteiger partial charge on any atom is 0.319 e. The molecule has 0 aliphatic carbocycles. The fraction of sp³-hybridized carbons (Fsp3) is 0.350. The average Bonchev–Trinajstić information content (AvgIpc) is 3.03. The fourth-order valence-corrected chi connectivity index (χ4v) is 3.38. The highest BCUT2D eigenvalue weighted by Crippen LogP contribution is 2.36. The number of likely N-dealkylation sites (tertiary alicyclic amines) is 1. The van der Waals surface area contributed by atoms with Crippen molar-refractivity contribution in [2.24, 2.45) is 0 Å². The smallest absolute Gasteiger partial charge is 0.319 e. The van der Waals surface area contributed by atoms with Gasteiger partial charge in [0.1, 0.15) is 24.9 Å². The summed E-state index contributed by atoms with van der Waals surface area (Å²) in [6, 6.07) is 13.9. The van der Waals surface area contributed by atoms with Crippen molar-refractivity contribution in [1.29, 1.82) is 0 Å². The summed E-state index contributed by atoms with van der Waals surface area (Å²) in [5, 5.41) is 11.4. The zero-order valence-electron chi connectivity index (χ0n) is 14.7. The number of amides is 2. The number of ether oxygens (including phenoxy) is 1. The van der Waals surface area contributed by atoms with Gasteiger partial charge in [-0.1, -0.05) is 30.3 Å². The van der Waals surface area contributed by atoms with Gasteiger partial charge in [0.25, 0.3) is 0 Å². The quantitative estimate of drug-likeness (QED) is 0.803. The van der Waals surface area contributed by atoms with Gasteiger partial charge < -0.3 is 20.1 Å². The van der Waals surface area contributed by atoms with E-state index in [1.54, 1.807) is 23.1 Å². The van der Waals surface area contributed by atoms with Crippen LogP contribution in [0.3, 0.4) is 0 Å². The third-order valence-electron chi connectivity index (χ3n) is 4.75. The van der Waals surface area contributed by atoms with E-state index < -0.39 is 0 Å². The monoisotopic (exact) mass is 358 g/mol. The van der Waals surface area contributed by atoms with Crippen molar-refractivity contribution >= 4 is 6.03 Å². The van der Waals surface area contributed by atoms with Crippen molar-refractivity contribution in [3.05, 3.63) is 65.5 Å². The lowest BCUT2D eigenvalue weighted by Crippen LogP contribution is -2.43. The van der Waals surface area contributed by atoms with E-state index in [2.05, 4.69) is 5.32 Å². The predicted molar refractivity (Wildman–Crippen MR) is 96.1 cm³/mol. The molecule has 2 aromatic rings. The molecule has 2 amide bonds. The molecule has 2 N–H and O–H groups in total. The Morgan fingerprint density at radius 3 is 2.65 bits per heavy atom. The highest BCUT2D eigenvalue weighted by molar-refractivity contribution is 5.75. The molecule has 1 unspecified atom stereocenters. The van der Waals surface area contributed by atoms with Crippen LogP contribution in [0.1, 0.15) is 36.9 Å². The summed E-state index contributed by atoms with van der Waals surface area (Å²) in [6.07, 6.45) is 1.78. The van der Waals surface area contributed by atoms with Crippen LogP contribution in [-0.4, -0.2) is 28.8 Å². The number of nitrogens with one attached hydrogen (secondary N) is 1. The number of aliphatic hydroxyl groups is 1. The van der Waals surface area contributed by atoms with Crippen LogP contribution in [0, 0.1) is 5.82 Å². The highest BCUT2D eigenvalue weighted by atomic mass is 19.1. The summed E-state index contributed by atoms with van der Waals surface area (Å²) in [7, 11) is 0. The molecule has 0 bridgehead atoms. The van der Waals surface area contributed by atoms with Gasteiger partial charge in [0.05, 0.1) is 6.04 Å². The summed E-state index contributed by atoms with van der Waals surface area (Å²) in [4.78, 5) is 14.0. The van der Waals surface area contributed by atoms with Gasteiger partial charge in [0, 0.05) is 11.6 Å². The normalized spacial score (nSPS) is 19.4. The van der Waals surface area contributed by atoms with E-state index in [9.17, 15) is 9.18 Å². The van der Waals surface area contributed by atoms with Gasteiger partial charge in [-0.3, -0.25) is 0 Å². The summed E-state index contributed by atoms with van der Waals surface area (Å²) in [5.41, 5.74) is 1.52. The van der Waals surface area contributed by atoms with E-state index in [0.29, 0.717) is 11.3 Å². The molecule has 0 aromatic heterocycles. The topological polar surface area (TPSA) is 61.8 Å². The molecule has 3 rings (SSSR count). The van der Waals surface area contributed by atoms with Crippen molar-refractivity contribution < 1.29 is 19.0 Å². The Labute approximate surface area is 152 Å². The summed E-state index contributed by atoms with van der Waals surface area (Å²) in [6.45, 7) is 1.79. The van der Waals surface area contributed by atoms with Crippen LogP contribution < -0.4 is 10.1 Å². The Hall–Kier alpha value is -2.60. The Kier molecular flexibility index (Phi) is 5.73.